The predicted molar refractivity (Wildman–Crippen MR) is 57.0 cm³/mol. The van der Waals surface area contributed by atoms with Crippen molar-refractivity contribution in [2.75, 3.05) is 5.88 Å². The van der Waals surface area contributed by atoms with Gasteiger partial charge in [-0.15, -0.1) is 11.6 Å². The van der Waals surface area contributed by atoms with Crippen molar-refractivity contribution in [2.45, 2.75) is 44.6 Å². The van der Waals surface area contributed by atoms with E-state index in [0.717, 1.165) is 38.5 Å². The second kappa shape index (κ2) is 6.27. The number of unbranched alkanes of at least 4 members (excludes halogenated alkanes) is 1. The Hall–Kier alpha value is -0.260. The lowest BCUT2D eigenvalue weighted by atomic mass is 9.76. The molecular weight excluding hydrogens is 198 g/mol. The summed E-state index contributed by atoms with van der Waals surface area (Å²) in [4.78, 5) is 0. The molecule has 14 heavy (non-hydrogen) atoms. The zero-order chi connectivity index (χ0) is 10.4. The van der Waals surface area contributed by atoms with Gasteiger partial charge in [-0.1, -0.05) is 12.8 Å². The number of alkyl halides is 1. The maximum absolute atomic E-state index is 9.65. The van der Waals surface area contributed by atoms with Crippen molar-refractivity contribution in [3.8, 4) is 6.07 Å². The summed E-state index contributed by atoms with van der Waals surface area (Å²) in [6.07, 6.45) is 5.70. The van der Waals surface area contributed by atoms with Crippen LogP contribution >= 0.6 is 11.6 Å². The van der Waals surface area contributed by atoms with Gasteiger partial charge in [0.1, 0.15) is 0 Å². The van der Waals surface area contributed by atoms with E-state index < -0.39 is 6.10 Å². The number of nitriles is 1. The van der Waals surface area contributed by atoms with Gasteiger partial charge in [-0.25, -0.2) is 0 Å². The first-order valence-corrected chi connectivity index (χ1v) is 5.96. The number of rotatable bonds is 4. The van der Waals surface area contributed by atoms with E-state index in [1.807, 2.05) is 0 Å². The number of aliphatic hydroxyl groups is 1. The minimum atomic E-state index is -0.394. The van der Waals surface area contributed by atoms with E-state index in [9.17, 15) is 5.11 Å². The van der Waals surface area contributed by atoms with Gasteiger partial charge in [-0.05, 0) is 31.6 Å². The van der Waals surface area contributed by atoms with Crippen molar-refractivity contribution in [1.82, 2.24) is 0 Å². The highest BCUT2D eigenvalue weighted by atomic mass is 35.5. The molecule has 1 saturated carbocycles. The molecular formula is C11H18ClNO. The van der Waals surface area contributed by atoms with E-state index in [-0.39, 0.29) is 5.92 Å². The molecule has 0 aliphatic heterocycles. The fourth-order valence-electron chi connectivity index (χ4n) is 2.28. The van der Waals surface area contributed by atoms with Crippen LogP contribution < -0.4 is 0 Å². The summed E-state index contributed by atoms with van der Waals surface area (Å²) in [6.45, 7) is 0. The minimum Gasteiger partial charge on any atom is -0.392 e. The van der Waals surface area contributed by atoms with E-state index in [1.165, 1.54) is 0 Å². The van der Waals surface area contributed by atoms with Crippen molar-refractivity contribution >= 4 is 11.6 Å². The van der Waals surface area contributed by atoms with Crippen LogP contribution in [0.5, 0.6) is 0 Å². The van der Waals surface area contributed by atoms with E-state index >= 15 is 0 Å². The molecule has 0 amide bonds. The van der Waals surface area contributed by atoms with Gasteiger partial charge >= 0.3 is 0 Å². The van der Waals surface area contributed by atoms with Gasteiger partial charge in [0.2, 0.25) is 0 Å². The summed E-state index contributed by atoms with van der Waals surface area (Å²) >= 11 is 5.60. The quantitative estimate of drug-likeness (QED) is 0.579. The molecule has 0 aromatic carbocycles. The fourth-order valence-corrected chi connectivity index (χ4v) is 2.47. The van der Waals surface area contributed by atoms with E-state index in [1.54, 1.807) is 0 Å². The largest absolute Gasteiger partial charge is 0.392 e. The molecule has 3 atom stereocenters. The number of halogens is 1. The lowest BCUT2D eigenvalue weighted by Crippen LogP contribution is -2.31. The zero-order valence-corrected chi connectivity index (χ0v) is 9.21. The Bertz CT molecular complexity index is 202. The first kappa shape index (κ1) is 11.8. The van der Waals surface area contributed by atoms with Crippen LogP contribution in [-0.4, -0.2) is 17.1 Å². The van der Waals surface area contributed by atoms with Crippen molar-refractivity contribution < 1.29 is 5.11 Å². The Kier molecular flexibility index (Phi) is 5.29. The molecule has 0 radical (unpaired) electrons. The molecule has 0 bridgehead atoms. The van der Waals surface area contributed by atoms with Gasteiger partial charge in [-0.2, -0.15) is 5.26 Å². The van der Waals surface area contributed by atoms with Crippen LogP contribution in [-0.2, 0) is 0 Å². The first-order valence-electron chi connectivity index (χ1n) is 5.43. The number of aliphatic hydroxyl groups excluding tert-OH is 1. The van der Waals surface area contributed by atoms with Crippen molar-refractivity contribution in [1.29, 1.82) is 5.26 Å². The highest BCUT2D eigenvalue weighted by molar-refractivity contribution is 6.17. The third-order valence-corrected chi connectivity index (χ3v) is 3.37. The summed E-state index contributed by atoms with van der Waals surface area (Å²) in [6, 6.07) is 2.25. The Labute approximate surface area is 90.9 Å². The second-order valence-electron chi connectivity index (χ2n) is 4.10. The second-order valence-corrected chi connectivity index (χ2v) is 4.48. The fraction of sp³-hybridized carbons (Fsp3) is 0.909. The first-order chi connectivity index (χ1) is 6.79. The highest BCUT2D eigenvalue weighted by Crippen LogP contribution is 2.33. The van der Waals surface area contributed by atoms with Crippen molar-refractivity contribution in [3.63, 3.8) is 0 Å². The molecule has 0 saturated heterocycles. The zero-order valence-electron chi connectivity index (χ0n) is 8.45. The minimum absolute atomic E-state index is 0.140. The maximum Gasteiger partial charge on any atom is 0.0750 e. The molecule has 0 aromatic rings. The Morgan fingerprint density at radius 2 is 2.14 bits per heavy atom. The van der Waals surface area contributed by atoms with Gasteiger partial charge < -0.3 is 5.11 Å². The Balaban J connectivity index is 2.37. The van der Waals surface area contributed by atoms with Crippen molar-refractivity contribution in [3.05, 3.63) is 0 Å². The average molecular weight is 216 g/mol. The predicted octanol–water partition coefficient (Wildman–Crippen LogP) is 2.70. The van der Waals surface area contributed by atoms with Gasteiger partial charge in [0, 0.05) is 5.88 Å². The molecule has 3 heteroatoms. The summed E-state index contributed by atoms with van der Waals surface area (Å²) < 4.78 is 0. The van der Waals surface area contributed by atoms with Crippen molar-refractivity contribution in [2.24, 2.45) is 11.8 Å². The average Bonchev–Trinajstić information content (AvgIpc) is 2.18. The summed E-state index contributed by atoms with van der Waals surface area (Å²) in [5, 5.41) is 18.6. The third kappa shape index (κ3) is 3.15. The van der Waals surface area contributed by atoms with Gasteiger partial charge in [-0.3, -0.25) is 0 Å². The van der Waals surface area contributed by atoms with E-state index in [2.05, 4.69) is 6.07 Å². The van der Waals surface area contributed by atoms with Gasteiger partial charge in [0.05, 0.1) is 18.1 Å². The van der Waals surface area contributed by atoms with Crippen LogP contribution in [0.2, 0.25) is 0 Å². The van der Waals surface area contributed by atoms with Crippen LogP contribution in [0.1, 0.15) is 38.5 Å². The maximum atomic E-state index is 9.65. The number of nitrogens with zero attached hydrogens (tertiary/aromatic N) is 1. The van der Waals surface area contributed by atoms with Gasteiger partial charge in [0.25, 0.3) is 0 Å². The molecule has 1 rings (SSSR count). The third-order valence-electron chi connectivity index (χ3n) is 3.10. The normalized spacial score (nSPS) is 32.5. The molecule has 2 nitrogen and oxygen atoms in total. The number of hydrogen-bond donors (Lipinski definition) is 1. The van der Waals surface area contributed by atoms with Crippen LogP contribution in [0.15, 0.2) is 0 Å². The van der Waals surface area contributed by atoms with Gasteiger partial charge in [0.15, 0.2) is 0 Å². The molecule has 0 heterocycles. The molecule has 1 aliphatic carbocycles. The molecule has 0 aromatic heterocycles. The molecule has 80 valence electrons. The Morgan fingerprint density at radius 3 is 2.79 bits per heavy atom. The molecule has 0 spiro atoms. The van der Waals surface area contributed by atoms with Crippen LogP contribution in [0.4, 0.5) is 0 Å². The SMILES string of the molecule is N#C[C@H]1[C@@H](CCCCCl)CCC[C@@H]1O. The standard InChI is InChI=1S/C11H18ClNO/c12-7-2-1-4-9-5-3-6-11(14)10(9)8-13/h9-11,14H,1-7H2/t9-,10-,11-/m0/s1. The molecule has 0 unspecified atom stereocenters. The van der Waals surface area contributed by atoms with Crippen LogP contribution in [0, 0.1) is 23.2 Å². The summed E-state index contributed by atoms with van der Waals surface area (Å²) in [5.74, 6) is 0.956. The van der Waals surface area contributed by atoms with Crippen LogP contribution in [0.25, 0.3) is 0 Å². The smallest absolute Gasteiger partial charge is 0.0750 e. The van der Waals surface area contributed by atoms with E-state index in [4.69, 9.17) is 16.9 Å². The summed E-state index contributed by atoms with van der Waals surface area (Å²) in [7, 11) is 0. The highest BCUT2D eigenvalue weighted by Gasteiger charge is 2.31. The van der Waals surface area contributed by atoms with E-state index in [0.29, 0.717) is 11.8 Å². The summed E-state index contributed by atoms with van der Waals surface area (Å²) in [5.41, 5.74) is 0. The topological polar surface area (TPSA) is 44.0 Å². The lowest BCUT2D eigenvalue weighted by Gasteiger charge is -2.30. The Morgan fingerprint density at radius 1 is 1.36 bits per heavy atom. The monoisotopic (exact) mass is 215 g/mol. The molecule has 1 fully saturated rings. The van der Waals surface area contributed by atoms with Crippen LogP contribution in [0.3, 0.4) is 0 Å². The molecule has 1 aliphatic rings. The number of hydrogen-bond acceptors (Lipinski definition) is 2. The lowest BCUT2D eigenvalue weighted by molar-refractivity contribution is 0.0578. The molecule has 1 N–H and O–H groups in total.